The molecule has 0 aliphatic heterocycles. The van der Waals surface area contributed by atoms with Gasteiger partial charge in [-0.3, -0.25) is 25.4 Å². The number of ether oxygens (including phenoxy) is 2. The van der Waals surface area contributed by atoms with Crippen LogP contribution in [0, 0.1) is 0 Å². The van der Waals surface area contributed by atoms with E-state index in [9.17, 15) is 9.59 Å². The summed E-state index contributed by atoms with van der Waals surface area (Å²) in [6.07, 6.45) is 3.33. The molecule has 0 bridgehead atoms. The van der Waals surface area contributed by atoms with Crippen molar-refractivity contribution in [2.45, 2.75) is 6.92 Å². The second kappa shape index (κ2) is 10.2. The Morgan fingerprint density at radius 2 is 1.58 bits per heavy atom. The van der Waals surface area contributed by atoms with Crippen molar-refractivity contribution >= 4 is 22.7 Å². The number of hydrogen-bond donors (Lipinski definition) is 2. The molecule has 0 saturated heterocycles. The molecule has 4 aromatic rings. The predicted octanol–water partition coefficient (Wildman–Crippen LogP) is 3.54. The van der Waals surface area contributed by atoms with Crippen molar-refractivity contribution in [3.63, 3.8) is 0 Å². The fourth-order valence-electron chi connectivity index (χ4n) is 3.25. The summed E-state index contributed by atoms with van der Waals surface area (Å²) >= 11 is 0. The zero-order valence-electron chi connectivity index (χ0n) is 17.9. The number of carbonyl (C=O) groups excluding carboxylic acids is 2. The van der Waals surface area contributed by atoms with Crippen molar-refractivity contribution < 1.29 is 19.1 Å². The highest BCUT2D eigenvalue weighted by molar-refractivity contribution is 6.07. The monoisotopic (exact) mass is 442 g/mol. The lowest BCUT2D eigenvalue weighted by Crippen LogP contribution is -2.43. The molecule has 2 amide bonds. The first-order valence-corrected chi connectivity index (χ1v) is 10.4. The molecule has 8 heteroatoms. The van der Waals surface area contributed by atoms with Crippen LogP contribution in [0.3, 0.4) is 0 Å². The minimum absolute atomic E-state index is 0.288. The highest BCUT2D eigenvalue weighted by Crippen LogP contribution is 2.26. The zero-order chi connectivity index (χ0) is 23.0. The molecule has 0 atom stereocenters. The molecule has 0 saturated carbocycles. The molecule has 0 aliphatic rings. The second-order valence-corrected chi connectivity index (χ2v) is 6.98. The molecular weight excluding hydrogens is 420 g/mol. The fraction of sp³-hybridized carbons (Fsp3) is 0.120. The molecular formula is C25H22N4O4. The van der Waals surface area contributed by atoms with Crippen LogP contribution in [0.2, 0.25) is 0 Å². The number of benzene rings is 2. The van der Waals surface area contributed by atoms with Crippen LogP contribution in [-0.4, -0.2) is 35.0 Å². The van der Waals surface area contributed by atoms with Gasteiger partial charge < -0.3 is 9.47 Å². The molecule has 33 heavy (non-hydrogen) atoms. The number of carbonyl (C=O) groups is 2. The third-order valence-corrected chi connectivity index (χ3v) is 4.76. The lowest BCUT2D eigenvalue weighted by atomic mass is 10.0. The van der Waals surface area contributed by atoms with E-state index in [4.69, 9.17) is 9.47 Å². The number of nitrogens with zero attached hydrogens (tertiary/aromatic N) is 2. The molecule has 0 unspecified atom stereocenters. The first-order valence-electron chi connectivity index (χ1n) is 10.4. The number of pyridine rings is 2. The van der Waals surface area contributed by atoms with Gasteiger partial charge in [0.1, 0.15) is 0 Å². The van der Waals surface area contributed by atoms with Gasteiger partial charge in [-0.25, -0.2) is 4.98 Å². The molecule has 2 heterocycles. The van der Waals surface area contributed by atoms with E-state index < -0.39 is 11.8 Å². The minimum Gasteiger partial charge on any atom is -0.490 e. The van der Waals surface area contributed by atoms with Gasteiger partial charge in [-0.05, 0) is 43.3 Å². The Morgan fingerprint density at radius 3 is 2.33 bits per heavy atom. The summed E-state index contributed by atoms with van der Waals surface area (Å²) in [6, 6.07) is 19.7. The van der Waals surface area contributed by atoms with E-state index in [2.05, 4.69) is 20.8 Å². The predicted molar refractivity (Wildman–Crippen MR) is 124 cm³/mol. The molecule has 8 nitrogen and oxygen atoms in total. The largest absolute Gasteiger partial charge is 0.490 e. The highest BCUT2D eigenvalue weighted by Gasteiger charge is 2.15. The maximum Gasteiger partial charge on any atom is 0.276 e. The van der Waals surface area contributed by atoms with Crippen molar-refractivity contribution in [1.82, 2.24) is 20.8 Å². The summed E-state index contributed by atoms with van der Waals surface area (Å²) in [5.74, 6) is 0.0148. The second-order valence-electron chi connectivity index (χ2n) is 6.98. The van der Waals surface area contributed by atoms with Gasteiger partial charge in [-0.2, -0.15) is 0 Å². The lowest BCUT2D eigenvalue weighted by molar-refractivity contribution is -0.123. The van der Waals surface area contributed by atoms with Crippen molar-refractivity contribution in [3.8, 4) is 22.8 Å². The van der Waals surface area contributed by atoms with Crippen LogP contribution in [0.4, 0.5) is 0 Å². The van der Waals surface area contributed by atoms with Crippen LogP contribution in [0.5, 0.6) is 11.5 Å². The van der Waals surface area contributed by atoms with Crippen LogP contribution in [0.25, 0.3) is 22.2 Å². The number of para-hydroxylation sites is 3. The van der Waals surface area contributed by atoms with E-state index in [-0.39, 0.29) is 6.61 Å². The average molecular weight is 442 g/mol. The van der Waals surface area contributed by atoms with Crippen molar-refractivity contribution in [3.05, 3.63) is 84.7 Å². The third kappa shape index (κ3) is 5.24. The van der Waals surface area contributed by atoms with E-state index in [1.807, 2.05) is 49.4 Å². The number of hydrazine groups is 1. The Kier molecular flexibility index (Phi) is 6.75. The van der Waals surface area contributed by atoms with Gasteiger partial charge in [0.25, 0.3) is 11.8 Å². The average Bonchev–Trinajstić information content (AvgIpc) is 2.86. The van der Waals surface area contributed by atoms with Crippen LogP contribution < -0.4 is 20.3 Å². The van der Waals surface area contributed by atoms with E-state index in [1.165, 1.54) is 0 Å². The summed E-state index contributed by atoms with van der Waals surface area (Å²) in [5, 5.41) is 0.670. The Bertz CT molecular complexity index is 1280. The fourth-order valence-corrected chi connectivity index (χ4v) is 3.25. The first-order chi connectivity index (χ1) is 16.2. The third-order valence-electron chi connectivity index (χ3n) is 4.76. The van der Waals surface area contributed by atoms with E-state index in [0.717, 1.165) is 5.56 Å². The number of aromatic nitrogens is 2. The van der Waals surface area contributed by atoms with Gasteiger partial charge in [0.05, 0.1) is 23.4 Å². The topological polar surface area (TPSA) is 102 Å². The normalized spacial score (nSPS) is 10.5. The number of fused-ring (bicyclic) bond motifs is 1. The van der Waals surface area contributed by atoms with Crippen LogP contribution in [0.15, 0.2) is 79.1 Å². The molecule has 0 radical (unpaired) electrons. The van der Waals surface area contributed by atoms with Gasteiger partial charge in [-0.15, -0.1) is 0 Å². The van der Waals surface area contributed by atoms with E-state index in [0.29, 0.717) is 40.3 Å². The molecule has 166 valence electrons. The molecule has 0 fully saturated rings. The molecule has 0 aliphatic carbocycles. The Balaban J connectivity index is 1.46. The SMILES string of the molecule is CCOc1ccccc1OCC(=O)NNC(=O)c1cc(-c2ccncc2)nc2ccccc12. The Morgan fingerprint density at radius 1 is 0.879 bits per heavy atom. The van der Waals surface area contributed by atoms with Crippen LogP contribution >= 0.6 is 0 Å². The zero-order valence-corrected chi connectivity index (χ0v) is 17.9. The lowest BCUT2D eigenvalue weighted by Gasteiger charge is -2.13. The standard InChI is InChI=1S/C25H22N4O4/c1-2-32-22-9-5-6-10-23(22)33-16-24(30)28-29-25(31)19-15-21(17-11-13-26-14-12-17)27-20-8-4-3-7-18(19)20/h3-15H,2,16H2,1H3,(H,28,30)(H,29,31). The number of rotatable bonds is 7. The van der Waals surface area contributed by atoms with E-state index >= 15 is 0 Å². The molecule has 4 rings (SSSR count). The molecule has 0 spiro atoms. The van der Waals surface area contributed by atoms with E-state index in [1.54, 1.807) is 36.7 Å². The van der Waals surface area contributed by atoms with Gasteiger partial charge in [-0.1, -0.05) is 30.3 Å². The molecule has 2 N–H and O–H groups in total. The van der Waals surface area contributed by atoms with Crippen LogP contribution in [-0.2, 0) is 4.79 Å². The number of hydrogen-bond acceptors (Lipinski definition) is 6. The minimum atomic E-state index is -0.512. The Labute approximate surface area is 190 Å². The maximum atomic E-state index is 12.9. The maximum absolute atomic E-state index is 12.9. The summed E-state index contributed by atoms with van der Waals surface area (Å²) in [4.78, 5) is 33.9. The summed E-state index contributed by atoms with van der Waals surface area (Å²) < 4.78 is 11.0. The van der Waals surface area contributed by atoms with Gasteiger partial charge in [0, 0.05) is 23.3 Å². The van der Waals surface area contributed by atoms with Crippen molar-refractivity contribution in [1.29, 1.82) is 0 Å². The smallest absolute Gasteiger partial charge is 0.276 e. The van der Waals surface area contributed by atoms with Crippen LogP contribution in [0.1, 0.15) is 17.3 Å². The molecule has 2 aromatic heterocycles. The van der Waals surface area contributed by atoms with Gasteiger partial charge >= 0.3 is 0 Å². The van der Waals surface area contributed by atoms with Crippen molar-refractivity contribution in [2.24, 2.45) is 0 Å². The quantitative estimate of drug-likeness (QED) is 0.425. The number of amides is 2. The van der Waals surface area contributed by atoms with Gasteiger partial charge in [0.2, 0.25) is 0 Å². The molecule has 2 aromatic carbocycles. The summed E-state index contributed by atoms with van der Waals surface area (Å²) in [7, 11) is 0. The highest BCUT2D eigenvalue weighted by atomic mass is 16.5. The van der Waals surface area contributed by atoms with Crippen molar-refractivity contribution in [2.75, 3.05) is 13.2 Å². The summed E-state index contributed by atoms with van der Waals surface area (Å²) in [6.45, 7) is 2.05. The van der Waals surface area contributed by atoms with Gasteiger partial charge in [0.15, 0.2) is 18.1 Å². The number of nitrogens with one attached hydrogen (secondary N) is 2. The Hall–Kier alpha value is -4.46. The first kappa shape index (κ1) is 21.8. The summed E-state index contributed by atoms with van der Waals surface area (Å²) in [5.41, 5.74) is 7.36.